The number of hydrogen-bond acceptors (Lipinski definition) is 1. The van der Waals surface area contributed by atoms with Crippen LogP contribution in [0.2, 0.25) is 5.02 Å². The minimum Gasteiger partial charge on any atom is -0.311 e. The molecule has 0 saturated heterocycles. The number of amides is 1. The number of carbonyl (C=O) groups is 1. The van der Waals surface area contributed by atoms with Crippen molar-refractivity contribution in [2.75, 3.05) is 7.05 Å². The van der Waals surface area contributed by atoms with Crippen LogP contribution in [0.25, 0.3) is 0 Å². The van der Waals surface area contributed by atoms with E-state index in [0.717, 1.165) is 5.70 Å². The number of likely N-dealkylation sites (N-methyl/N-ethyl adjacent to an activating group) is 1. The van der Waals surface area contributed by atoms with Gasteiger partial charge in [-0.15, -0.1) is 0 Å². The molecule has 0 aliphatic heterocycles. The molecular formula is C15H16ClNO. The van der Waals surface area contributed by atoms with Crippen molar-refractivity contribution in [3.63, 3.8) is 0 Å². The van der Waals surface area contributed by atoms with Gasteiger partial charge in [-0.2, -0.15) is 0 Å². The molecule has 1 aromatic carbocycles. The van der Waals surface area contributed by atoms with Crippen LogP contribution in [0.1, 0.15) is 17.3 Å². The lowest BCUT2D eigenvalue weighted by Crippen LogP contribution is -2.25. The summed E-state index contributed by atoms with van der Waals surface area (Å²) in [4.78, 5) is 13.7. The van der Waals surface area contributed by atoms with E-state index in [4.69, 9.17) is 11.6 Å². The van der Waals surface area contributed by atoms with Gasteiger partial charge in [-0.3, -0.25) is 4.79 Å². The predicted molar refractivity (Wildman–Crippen MR) is 76.6 cm³/mol. The van der Waals surface area contributed by atoms with E-state index in [-0.39, 0.29) is 5.91 Å². The fourth-order valence-corrected chi connectivity index (χ4v) is 1.54. The van der Waals surface area contributed by atoms with Gasteiger partial charge in [-0.1, -0.05) is 30.3 Å². The molecule has 0 heterocycles. The average molecular weight is 262 g/mol. The van der Waals surface area contributed by atoms with E-state index < -0.39 is 0 Å². The monoisotopic (exact) mass is 261 g/mol. The normalized spacial score (nSPS) is 11.6. The molecule has 0 fully saturated rings. The lowest BCUT2D eigenvalue weighted by molar-refractivity contribution is 0.0840. The van der Waals surface area contributed by atoms with Gasteiger partial charge in [0.2, 0.25) is 0 Å². The molecule has 1 amide bonds. The molecule has 18 heavy (non-hydrogen) atoms. The van der Waals surface area contributed by atoms with Crippen LogP contribution in [0, 0.1) is 0 Å². The number of carbonyl (C=O) groups excluding carboxylic acids is 1. The fraction of sp³-hybridized carbons (Fsp3) is 0.133. The Bertz CT molecular complexity index is 486. The quantitative estimate of drug-likeness (QED) is 0.749. The van der Waals surface area contributed by atoms with E-state index in [2.05, 4.69) is 6.58 Å². The summed E-state index contributed by atoms with van der Waals surface area (Å²) in [5.41, 5.74) is 1.34. The molecule has 0 aliphatic rings. The molecular weight excluding hydrogens is 246 g/mol. The minimum absolute atomic E-state index is 0.0951. The van der Waals surface area contributed by atoms with Gasteiger partial charge in [-0.05, 0) is 43.3 Å². The molecule has 0 aromatic heterocycles. The van der Waals surface area contributed by atoms with Crippen molar-refractivity contribution in [2.24, 2.45) is 0 Å². The first-order chi connectivity index (χ1) is 8.60. The number of nitrogens with zero attached hydrogens (tertiary/aromatic N) is 1. The number of halogens is 1. The molecule has 2 nitrogen and oxygen atoms in total. The highest BCUT2D eigenvalue weighted by molar-refractivity contribution is 6.30. The van der Waals surface area contributed by atoms with Gasteiger partial charge in [0, 0.05) is 23.3 Å². The molecule has 0 bridgehead atoms. The zero-order valence-electron chi connectivity index (χ0n) is 10.6. The smallest absolute Gasteiger partial charge is 0.258 e. The zero-order valence-corrected chi connectivity index (χ0v) is 11.3. The largest absolute Gasteiger partial charge is 0.311 e. The van der Waals surface area contributed by atoms with Gasteiger partial charge in [0.25, 0.3) is 5.91 Å². The third-order valence-electron chi connectivity index (χ3n) is 2.45. The molecule has 3 heteroatoms. The van der Waals surface area contributed by atoms with Crippen LogP contribution in [0.5, 0.6) is 0 Å². The number of benzene rings is 1. The van der Waals surface area contributed by atoms with Crippen molar-refractivity contribution < 1.29 is 4.79 Å². The molecule has 0 N–H and O–H groups in total. The maximum absolute atomic E-state index is 12.2. The molecule has 0 radical (unpaired) electrons. The predicted octanol–water partition coefficient (Wildman–Crippen LogP) is 4.06. The Morgan fingerprint density at radius 3 is 2.44 bits per heavy atom. The van der Waals surface area contributed by atoms with Crippen molar-refractivity contribution in [1.82, 2.24) is 4.90 Å². The van der Waals surface area contributed by atoms with Crippen LogP contribution in [0.3, 0.4) is 0 Å². The summed E-state index contributed by atoms with van der Waals surface area (Å²) in [6, 6.07) is 6.81. The summed E-state index contributed by atoms with van der Waals surface area (Å²) in [7, 11) is 1.72. The summed E-state index contributed by atoms with van der Waals surface area (Å²) < 4.78 is 0. The van der Waals surface area contributed by atoms with Crippen molar-refractivity contribution in [3.8, 4) is 0 Å². The second-order valence-electron chi connectivity index (χ2n) is 3.69. The molecule has 0 aliphatic carbocycles. The Hall–Kier alpha value is -1.80. The average Bonchev–Trinajstić information content (AvgIpc) is 2.39. The Morgan fingerprint density at radius 2 is 1.94 bits per heavy atom. The van der Waals surface area contributed by atoms with E-state index in [0.29, 0.717) is 10.6 Å². The van der Waals surface area contributed by atoms with Crippen LogP contribution in [-0.2, 0) is 0 Å². The van der Waals surface area contributed by atoms with Crippen LogP contribution < -0.4 is 0 Å². The minimum atomic E-state index is -0.0951. The van der Waals surface area contributed by atoms with Gasteiger partial charge in [-0.25, -0.2) is 0 Å². The van der Waals surface area contributed by atoms with Crippen molar-refractivity contribution in [1.29, 1.82) is 0 Å². The summed E-state index contributed by atoms with van der Waals surface area (Å²) in [5.74, 6) is -0.0951. The summed E-state index contributed by atoms with van der Waals surface area (Å²) in [6.45, 7) is 5.62. The first kappa shape index (κ1) is 14.3. The second kappa shape index (κ2) is 6.82. The lowest BCUT2D eigenvalue weighted by atomic mass is 10.2. The Morgan fingerprint density at radius 1 is 1.33 bits per heavy atom. The third-order valence-corrected chi connectivity index (χ3v) is 2.70. The van der Waals surface area contributed by atoms with E-state index >= 15 is 0 Å². The first-order valence-corrected chi connectivity index (χ1v) is 5.97. The van der Waals surface area contributed by atoms with Crippen molar-refractivity contribution in [2.45, 2.75) is 6.92 Å². The molecule has 0 atom stereocenters. The SMILES string of the molecule is C=C/C(=C\C=C/C)N(C)C(=O)c1ccc(Cl)cc1. The van der Waals surface area contributed by atoms with Gasteiger partial charge in [0.1, 0.15) is 0 Å². The Kier molecular flexibility index (Phi) is 5.40. The Balaban J connectivity index is 2.95. The summed E-state index contributed by atoms with van der Waals surface area (Å²) in [5, 5.41) is 0.614. The first-order valence-electron chi connectivity index (χ1n) is 5.59. The van der Waals surface area contributed by atoms with E-state index in [1.807, 2.05) is 25.2 Å². The molecule has 0 saturated carbocycles. The van der Waals surface area contributed by atoms with Gasteiger partial charge in [0.05, 0.1) is 0 Å². The van der Waals surface area contributed by atoms with Crippen LogP contribution >= 0.6 is 11.6 Å². The van der Waals surface area contributed by atoms with E-state index in [1.54, 1.807) is 42.3 Å². The van der Waals surface area contributed by atoms with Gasteiger partial charge >= 0.3 is 0 Å². The molecule has 1 aromatic rings. The second-order valence-corrected chi connectivity index (χ2v) is 4.13. The van der Waals surface area contributed by atoms with E-state index in [1.165, 1.54) is 0 Å². The summed E-state index contributed by atoms with van der Waals surface area (Å²) >= 11 is 5.79. The van der Waals surface area contributed by atoms with Gasteiger partial charge < -0.3 is 4.90 Å². The highest BCUT2D eigenvalue weighted by Gasteiger charge is 2.13. The molecule has 0 spiro atoms. The summed E-state index contributed by atoms with van der Waals surface area (Å²) in [6.07, 6.45) is 7.24. The lowest BCUT2D eigenvalue weighted by Gasteiger charge is -2.18. The maximum atomic E-state index is 12.2. The van der Waals surface area contributed by atoms with Crippen LogP contribution in [-0.4, -0.2) is 17.9 Å². The maximum Gasteiger partial charge on any atom is 0.258 e. The van der Waals surface area contributed by atoms with Crippen LogP contribution in [0.15, 0.2) is 60.8 Å². The van der Waals surface area contributed by atoms with Crippen molar-refractivity contribution >= 4 is 17.5 Å². The van der Waals surface area contributed by atoms with E-state index in [9.17, 15) is 4.79 Å². The standard InChI is InChI=1S/C15H16ClNO/c1-4-6-7-14(5-2)17(3)15(18)12-8-10-13(16)11-9-12/h4-11H,2H2,1,3H3/b6-4-,14-7+. The zero-order chi connectivity index (χ0) is 13.5. The third kappa shape index (κ3) is 3.60. The number of hydrogen-bond donors (Lipinski definition) is 0. The highest BCUT2D eigenvalue weighted by atomic mass is 35.5. The highest BCUT2D eigenvalue weighted by Crippen LogP contribution is 2.13. The number of rotatable bonds is 4. The Labute approximate surface area is 113 Å². The molecule has 94 valence electrons. The van der Waals surface area contributed by atoms with Crippen molar-refractivity contribution in [3.05, 3.63) is 71.4 Å². The van der Waals surface area contributed by atoms with Crippen LogP contribution in [0.4, 0.5) is 0 Å². The fourth-order valence-electron chi connectivity index (χ4n) is 1.41. The molecule has 0 unspecified atom stereocenters. The topological polar surface area (TPSA) is 20.3 Å². The molecule has 1 rings (SSSR count). The van der Waals surface area contributed by atoms with Gasteiger partial charge in [0.15, 0.2) is 0 Å². The number of allylic oxidation sites excluding steroid dienone is 4.